The van der Waals surface area contributed by atoms with Crippen LogP contribution in [-0.2, 0) is 0 Å². The van der Waals surface area contributed by atoms with E-state index in [1.165, 1.54) is 0 Å². The molecule has 1 aromatic rings. The first-order valence-corrected chi connectivity index (χ1v) is 6.48. The van der Waals surface area contributed by atoms with Gasteiger partial charge in [-0.3, -0.25) is 4.90 Å². The average molecular weight is 253 g/mol. The summed E-state index contributed by atoms with van der Waals surface area (Å²) in [5, 5.41) is 9.28. The summed E-state index contributed by atoms with van der Waals surface area (Å²) in [5.41, 5.74) is 0. The standard InChI is InChI=1S/C14H20FNO2/c15-13-10-16(11-14(13)17)8-4-5-9-18-12-6-2-1-3-7-12/h1-3,6-7,13-14,17H,4-5,8-11H2/t13-,14-/m0/s1. The van der Waals surface area contributed by atoms with Crippen LogP contribution in [-0.4, -0.2) is 48.5 Å². The van der Waals surface area contributed by atoms with E-state index in [0.29, 0.717) is 19.7 Å². The van der Waals surface area contributed by atoms with Crippen molar-refractivity contribution < 1.29 is 14.2 Å². The van der Waals surface area contributed by atoms with Gasteiger partial charge in [0.2, 0.25) is 0 Å². The number of para-hydroxylation sites is 1. The summed E-state index contributed by atoms with van der Waals surface area (Å²) in [6.45, 7) is 2.33. The monoisotopic (exact) mass is 253 g/mol. The highest BCUT2D eigenvalue weighted by atomic mass is 19.1. The highest BCUT2D eigenvalue weighted by molar-refractivity contribution is 5.20. The Morgan fingerprint density at radius 1 is 1.22 bits per heavy atom. The summed E-state index contributed by atoms with van der Waals surface area (Å²) in [6.07, 6.45) is 0.0289. The quantitative estimate of drug-likeness (QED) is 0.785. The Hall–Kier alpha value is -1.13. The van der Waals surface area contributed by atoms with Crippen LogP contribution in [0.15, 0.2) is 30.3 Å². The third-order valence-electron chi connectivity index (χ3n) is 3.18. The van der Waals surface area contributed by atoms with E-state index in [9.17, 15) is 9.50 Å². The number of hydrogen-bond acceptors (Lipinski definition) is 3. The Morgan fingerprint density at radius 2 is 2.00 bits per heavy atom. The molecule has 1 fully saturated rings. The number of benzene rings is 1. The number of aliphatic hydroxyl groups is 1. The number of aliphatic hydroxyl groups excluding tert-OH is 1. The molecule has 1 aliphatic heterocycles. The zero-order valence-corrected chi connectivity index (χ0v) is 10.5. The van der Waals surface area contributed by atoms with Crippen LogP contribution in [0.2, 0.25) is 0 Å². The van der Waals surface area contributed by atoms with Crippen LogP contribution in [0.25, 0.3) is 0 Å². The first-order valence-electron chi connectivity index (χ1n) is 6.48. The predicted octanol–water partition coefficient (Wildman–Crippen LogP) is 1.86. The van der Waals surface area contributed by atoms with Gasteiger partial charge in [-0.15, -0.1) is 0 Å². The number of likely N-dealkylation sites (tertiary alicyclic amines) is 1. The molecule has 1 saturated heterocycles. The molecule has 0 bridgehead atoms. The zero-order chi connectivity index (χ0) is 12.8. The van der Waals surface area contributed by atoms with Crippen LogP contribution in [0, 0.1) is 0 Å². The maximum Gasteiger partial charge on any atom is 0.140 e. The highest BCUT2D eigenvalue weighted by Gasteiger charge is 2.30. The molecule has 100 valence electrons. The molecule has 1 N–H and O–H groups in total. The zero-order valence-electron chi connectivity index (χ0n) is 10.5. The van der Waals surface area contributed by atoms with Gasteiger partial charge in [-0.1, -0.05) is 18.2 Å². The van der Waals surface area contributed by atoms with Gasteiger partial charge in [-0.2, -0.15) is 0 Å². The SMILES string of the molecule is O[C@H]1CN(CCCCOc2ccccc2)C[C@@H]1F. The second-order valence-corrected chi connectivity index (χ2v) is 4.71. The van der Waals surface area contributed by atoms with Crippen molar-refractivity contribution in [3.05, 3.63) is 30.3 Å². The molecule has 0 radical (unpaired) electrons. The van der Waals surface area contributed by atoms with Gasteiger partial charge in [-0.25, -0.2) is 4.39 Å². The van der Waals surface area contributed by atoms with E-state index < -0.39 is 12.3 Å². The Labute approximate surface area is 107 Å². The van der Waals surface area contributed by atoms with Crippen molar-refractivity contribution in [2.75, 3.05) is 26.2 Å². The normalized spacial score (nSPS) is 24.3. The summed E-state index contributed by atoms with van der Waals surface area (Å²) in [5.74, 6) is 0.887. The second-order valence-electron chi connectivity index (χ2n) is 4.71. The molecule has 0 unspecified atom stereocenters. The maximum absolute atomic E-state index is 13.0. The van der Waals surface area contributed by atoms with Gasteiger partial charge in [-0.05, 0) is 31.5 Å². The number of nitrogens with zero attached hydrogens (tertiary/aromatic N) is 1. The Kier molecular flexibility index (Phi) is 4.96. The lowest BCUT2D eigenvalue weighted by atomic mass is 10.3. The van der Waals surface area contributed by atoms with Gasteiger partial charge in [0.15, 0.2) is 0 Å². The molecule has 18 heavy (non-hydrogen) atoms. The fraction of sp³-hybridized carbons (Fsp3) is 0.571. The fourth-order valence-corrected chi connectivity index (χ4v) is 2.15. The molecule has 4 heteroatoms. The topological polar surface area (TPSA) is 32.7 Å². The van der Waals surface area contributed by atoms with Crippen molar-refractivity contribution in [1.29, 1.82) is 0 Å². The summed E-state index contributed by atoms with van der Waals surface area (Å²) in [6, 6.07) is 9.72. The lowest BCUT2D eigenvalue weighted by Gasteiger charge is -2.14. The largest absolute Gasteiger partial charge is 0.494 e. The van der Waals surface area contributed by atoms with Gasteiger partial charge < -0.3 is 9.84 Å². The van der Waals surface area contributed by atoms with Gasteiger partial charge in [0.25, 0.3) is 0 Å². The van der Waals surface area contributed by atoms with Crippen molar-refractivity contribution >= 4 is 0 Å². The Bertz CT molecular complexity index is 337. The van der Waals surface area contributed by atoms with E-state index >= 15 is 0 Å². The number of ether oxygens (including phenoxy) is 1. The predicted molar refractivity (Wildman–Crippen MR) is 68.5 cm³/mol. The van der Waals surface area contributed by atoms with Gasteiger partial charge in [0.1, 0.15) is 11.9 Å². The van der Waals surface area contributed by atoms with Crippen molar-refractivity contribution in [2.45, 2.75) is 25.1 Å². The second kappa shape index (κ2) is 6.71. The molecule has 1 aromatic carbocycles. The van der Waals surface area contributed by atoms with Crippen LogP contribution in [0.3, 0.4) is 0 Å². The summed E-state index contributed by atoms with van der Waals surface area (Å²) < 4.78 is 18.6. The highest BCUT2D eigenvalue weighted by Crippen LogP contribution is 2.14. The summed E-state index contributed by atoms with van der Waals surface area (Å²) in [4.78, 5) is 1.97. The van der Waals surface area contributed by atoms with Crippen LogP contribution in [0.5, 0.6) is 5.75 Å². The van der Waals surface area contributed by atoms with Crippen LogP contribution in [0.1, 0.15) is 12.8 Å². The number of hydrogen-bond donors (Lipinski definition) is 1. The lowest BCUT2D eigenvalue weighted by molar-refractivity contribution is 0.115. The van der Waals surface area contributed by atoms with E-state index in [0.717, 1.165) is 25.1 Å². The molecular weight excluding hydrogens is 233 g/mol. The minimum Gasteiger partial charge on any atom is -0.494 e. The molecule has 3 nitrogen and oxygen atoms in total. The van der Waals surface area contributed by atoms with Gasteiger partial charge >= 0.3 is 0 Å². The molecule has 0 spiro atoms. The summed E-state index contributed by atoms with van der Waals surface area (Å²) in [7, 11) is 0. The Morgan fingerprint density at radius 3 is 2.67 bits per heavy atom. The minimum absolute atomic E-state index is 0.362. The Balaban J connectivity index is 1.54. The first kappa shape index (κ1) is 13.3. The number of unbranched alkanes of at least 4 members (excludes halogenated alkanes) is 1. The van der Waals surface area contributed by atoms with Crippen LogP contribution < -0.4 is 4.74 Å². The molecule has 0 amide bonds. The molecule has 1 aliphatic rings. The van der Waals surface area contributed by atoms with Gasteiger partial charge in [0, 0.05) is 13.1 Å². The number of alkyl halides is 1. The number of halogens is 1. The first-order chi connectivity index (χ1) is 8.75. The van der Waals surface area contributed by atoms with Crippen LogP contribution >= 0.6 is 0 Å². The molecule has 2 atom stereocenters. The summed E-state index contributed by atoms with van der Waals surface area (Å²) >= 11 is 0. The molecule has 0 aromatic heterocycles. The van der Waals surface area contributed by atoms with Crippen LogP contribution in [0.4, 0.5) is 4.39 Å². The lowest BCUT2D eigenvalue weighted by Crippen LogP contribution is -2.23. The molecule has 1 heterocycles. The van der Waals surface area contributed by atoms with Crippen molar-refractivity contribution in [3.8, 4) is 5.75 Å². The van der Waals surface area contributed by atoms with E-state index in [4.69, 9.17) is 4.74 Å². The smallest absolute Gasteiger partial charge is 0.140 e. The molecule has 2 rings (SSSR count). The maximum atomic E-state index is 13.0. The van der Waals surface area contributed by atoms with E-state index in [1.54, 1.807) is 0 Å². The third kappa shape index (κ3) is 3.96. The average Bonchev–Trinajstić information content (AvgIpc) is 2.70. The van der Waals surface area contributed by atoms with E-state index in [1.807, 2.05) is 35.2 Å². The van der Waals surface area contributed by atoms with Crippen molar-refractivity contribution in [3.63, 3.8) is 0 Å². The molecule has 0 saturated carbocycles. The van der Waals surface area contributed by atoms with Crippen molar-refractivity contribution in [2.24, 2.45) is 0 Å². The van der Waals surface area contributed by atoms with Crippen molar-refractivity contribution in [1.82, 2.24) is 4.90 Å². The van der Waals surface area contributed by atoms with E-state index in [2.05, 4.69) is 0 Å². The number of rotatable bonds is 6. The molecular formula is C14H20FNO2. The fourth-order valence-electron chi connectivity index (χ4n) is 2.15. The van der Waals surface area contributed by atoms with E-state index in [-0.39, 0.29) is 0 Å². The third-order valence-corrected chi connectivity index (χ3v) is 3.18. The molecule has 0 aliphatic carbocycles. The number of β-amino-alcohol motifs (C(OH)–C–C–N with tert-alkyl or cyclic N) is 1. The van der Waals surface area contributed by atoms with Gasteiger partial charge in [0.05, 0.1) is 12.7 Å². The minimum atomic E-state index is -1.08.